The first-order valence-electron chi connectivity index (χ1n) is 4.98. The Balaban J connectivity index is 2.24. The second-order valence-electron chi connectivity index (χ2n) is 3.73. The van der Waals surface area contributed by atoms with Gasteiger partial charge in [-0.3, -0.25) is 0 Å². The second-order valence-corrected chi connectivity index (χ2v) is 4.59. The summed E-state index contributed by atoms with van der Waals surface area (Å²) in [5.74, 6) is 0.424. The highest BCUT2D eigenvalue weighted by molar-refractivity contribution is 9.10. The Morgan fingerprint density at radius 2 is 2.06 bits per heavy atom. The largest absolute Gasteiger partial charge is 0.381 e. The Morgan fingerprint density at radius 3 is 2.75 bits per heavy atom. The first kappa shape index (κ1) is 11.1. The van der Waals surface area contributed by atoms with Crippen molar-refractivity contribution in [3.05, 3.63) is 51.6 Å². The lowest BCUT2D eigenvalue weighted by Gasteiger charge is -2.03. The van der Waals surface area contributed by atoms with Crippen molar-refractivity contribution in [1.82, 2.24) is 10.2 Å². The summed E-state index contributed by atoms with van der Waals surface area (Å²) in [5.41, 5.74) is 8.97. The fourth-order valence-electron chi connectivity index (χ4n) is 1.53. The highest BCUT2D eigenvalue weighted by Gasteiger charge is 2.02. The highest BCUT2D eigenvalue weighted by atomic mass is 79.9. The van der Waals surface area contributed by atoms with Crippen molar-refractivity contribution in [2.45, 2.75) is 13.3 Å². The zero-order valence-electron chi connectivity index (χ0n) is 8.94. The number of nitrogen functional groups attached to an aromatic ring is 1. The lowest BCUT2D eigenvalue weighted by atomic mass is 10.1. The van der Waals surface area contributed by atoms with Gasteiger partial charge in [0.1, 0.15) is 0 Å². The van der Waals surface area contributed by atoms with E-state index in [1.165, 1.54) is 11.1 Å². The van der Waals surface area contributed by atoms with Crippen molar-refractivity contribution in [3.8, 4) is 0 Å². The minimum atomic E-state index is 0.424. The number of aromatic nitrogens is 2. The van der Waals surface area contributed by atoms with Crippen LogP contribution in [-0.2, 0) is 6.42 Å². The maximum absolute atomic E-state index is 5.59. The monoisotopic (exact) mass is 277 g/mol. The minimum Gasteiger partial charge on any atom is -0.381 e. The van der Waals surface area contributed by atoms with Crippen LogP contribution in [0.2, 0.25) is 0 Å². The van der Waals surface area contributed by atoms with Gasteiger partial charge in [0, 0.05) is 6.42 Å². The van der Waals surface area contributed by atoms with Crippen LogP contribution in [0, 0.1) is 6.92 Å². The van der Waals surface area contributed by atoms with Crippen LogP contribution < -0.4 is 5.73 Å². The fourth-order valence-corrected chi connectivity index (χ4v) is 1.88. The summed E-state index contributed by atoms with van der Waals surface area (Å²) in [6, 6.07) is 10.3. The summed E-state index contributed by atoms with van der Waals surface area (Å²) in [6.45, 7) is 2.08. The van der Waals surface area contributed by atoms with Gasteiger partial charge in [0.15, 0.2) is 5.82 Å². The molecule has 0 aliphatic rings. The van der Waals surface area contributed by atoms with Gasteiger partial charge < -0.3 is 5.73 Å². The van der Waals surface area contributed by atoms with Crippen molar-refractivity contribution >= 4 is 21.7 Å². The van der Waals surface area contributed by atoms with Gasteiger partial charge in [-0.2, -0.15) is 5.10 Å². The quantitative estimate of drug-likeness (QED) is 0.918. The zero-order valence-corrected chi connectivity index (χ0v) is 10.5. The van der Waals surface area contributed by atoms with E-state index in [0.717, 1.165) is 16.6 Å². The molecule has 1 aromatic carbocycles. The topological polar surface area (TPSA) is 51.8 Å². The summed E-state index contributed by atoms with van der Waals surface area (Å²) in [6.07, 6.45) is 0.771. The first-order valence-corrected chi connectivity index (χ1v) is 5.77. The Hall–Kier alpha value is -1.42. The molecule has 0 saturated heterocycles. The van der Waals surface area contributed by atoms with Crippen LogP contribution in [0.1, 0.15) is 16.8 Å². The van der Waals surface area contributed by atoms with E-state index in [1.54, 1.807) is 0 Å². The van der Waals surface area contributed by atoms with Gasteiger partial charge in [-0.05, 0) is 34.5 Å². The molecule has 0 fully saturated rings. The lowest BCUT2D eigenvalue weighted by Crippen LogP contribution is -1.99. The summed E-state index contributed by atoms with van der Waals surface area (Å²) in [4.78, 5) is 0. The fraction of sp³-hybridized carbons (Fsp3) is 0.167. The molecule has 0 bridgehead atoms. The summed E-state index contributed by atoms with van der Waals surface area (Å²) in [7, 11) is 0. The van der Waals surface area contributed by atoms with E-state index >= 15 is 0 Å². The number of nitrogens with two attached hydrogens (primary N) is 1. The number of hydrogen-bond acceptors (Lipinski definition) is 3. The average molecular weight is 278 g/mol. The third-order valence-corrected chi connectivity index (χ3v) is 2.93. The van der Waals surface area contributed by atoms with Crippen molar-refractivity contribution in [2.75, 3.05) is 5.73 Å². The van der Waals surface area contributed by atoms with Crippen molar-refractivity contribution in [2.24, 2.45) is 0 Å². The molecule has 2 N–H and O–H groups in total. The van der Waals surface area contributed by atoms with E-state index < -0.39 is 0 Å². The lowest BCUT2D eigenvalue weighted by molar-refractivity contribution is 0.938. The first-order chi connectivity index (χ1) is 7.65. The van der Waals surface area contributed by atoms with Crippen LogP contribution in [0.25, 0.3) is 0 Å². The van der Waals surface area contributed by atoms with Crippen LogP contribution in [0.5, 0.6) is 0 Å². The van der Waals surface area contributed by atoms with E-state index in [-0.39, 0.29) is 0 Å². The van der Waals surface area contributed by atoms with Gasteiger partial charge in [-0.15, -0.1) is 5.10 Å². The smallest absolute Gasteiger partial charge is 0.160 e. The molecule has 2 rings (SSSR count). The molecule has 1 heterocycles. The molecule has 0 aliphatic carbocycles. The van der Waals surface area contributed by atoms with Gasteiger partial charge in [-0.1, -0.05) is 29.8 Å². The van der Waals surface area contributed by atoms with Crippen LogP contribution >= 0.6 is 15.9 Å². The van der Waals surface area contributed by atoms with Gasteiger partial charge >= 0.3 is 0 Å². The molecule has 0 unspecified atom stereocenters. The maximum atomic E-state index is 5.59. The highest BCUT2D eigenvalue weighted by Crippen LogP contribution is 2.18. The van der Waals surface area contributed by atoms with Gasteiger partial charge in [0.05, 0.1) is 10.2 Å². The molecule has 2 aromatic rings. The molecule has 0 saturated carbocycles. The molecule has 4 heteroatoms. The van der Waals surface area contributed by atoms with Crippen molar-refractivity contribution in [3.63, 3.8) is 0 Å². The number of benzene rings is 1. The molecule has 0 aliphatic heterocycles. The number of aryl methyl sites for hydroxylation is 1. The van der Waals surface area contributed by atoms with Crippen LogP contribution in [0.3, 0.4) is 0 Å². The third kappa shape index (κ3) is 2.58. The predicted octanol–water partition coefficient (Wildman–Crippen LogP) is 2.72. The normalized spacial score (nSPS) is 10.4. The maximum Gasteiger partial charge on any atom is 0.160 e. The van der Waals surface area contributed by atoms with Gasteiger partial charge in [0.25, 0.3) is 0 Å². The average Bonchev–Trinajstić information content (AvgIpc) is 2.24. The molecule has 0 amide bonds. The molecule has 1 aromatic heterocycles. The second kappa shape index (κ2) is 4.61. The molecule has 16 heavy (non-hydrogen) atoms. The Kier molecular flexibility index (Phi) is 3.19. The summed E-state index contributed by atoms with van der Waals surface area (Å²) < 4.78 is 0.796. The SMILES string of the molecule is Cc1cccc(Cc2cc(Br)c(N)nn2)c1. The van der Waals surface area contributed by atoms with Crippen LogP contribution in [-0.4, -0.2) is 10.2 Å². The van der Waals surface area contributed by atoms with Crippen molar-refractivity contribution in [1.29, 1.82) is 0 Å². The molecular formula is C12H12BrN3. The van der Waals surface area contributed by atoms with Gasteiger partial charge in [0.2, 0.25) is 0 Å². The zero-order chi connectivity index (χ0) is 11.5. The molecule has 0 atom stereocenters. The minimum absolute atomic E-state index is 0.424. The molecule has 82 valence electrons. The number of anilines is 1. The predicted molar refractivity (Wildman–Crippen MR) is 68.1 cm³/mol. The molecule has 3 nitrogen and oxygen atoms in total. The van der Waals surface area contributed by atoms with E-state index in [4.69, 9.17) is 5.73 Å². The third-order valence-electron chi connectivity index (χ3n) is 2.29. The van der Waals surface area contributed by atoms with E-state index in [0.29, 0.717) is 5.82 Å². The molecular weight excluding hydrogens is 266 g/mol. The molecule has 0 radical (unpaired) electrons. The van der Waals surface area contributed by atoms with Crippen LogP contribution in [0.15, 0.2) is 34.8 Å². The van der Waals surface area contributed by atoms with E-state index in [1.807, 2.05) is 12.1 Å². The van der Waals surface area contributed by atoms with Crippen LogP contribution in [0.4, 0.5) is 5.82 Å². The van der Waals surface area contributed by atoms with E-state index in [9.17, 15) is 0 Å². The summed E-state index contributed by atoms with van der Waals surface area (Å²) in [5, 5.41) is 7.94. The van der Waals surface area contributed by atoms with E-state index in [2.05, 4.69) is 51.3 Å². The number of nitrogens with zero attached hydrogens (tertiary/aromatic N) is 2. The summed E-state index contributed by atoms with van der Waals surface area (Å²) >= 11 is 3.35. The molecule has 0 spiro atoms. The van der Waals surface area contributed by atoms with Gasteiger partial charge in [-0.25, -0.2) is 0 Å². The number of halogens is 1. The van der Waals surface area contributed by atoms with Crippen molar-refractivity contribution < 1.29 is 0 Å². The number of hydrogen-bond donors (Lipinski definition) is 1. The Labute approximate surface area is 103 Å². The number of rotatable bonds is 2. The Bertz CT molecular complexity index is 511. The Morgan fingerprint density at radius 1 is 1.25 bits per heavy atom. The standard InChI is InChI=1S/C12H12BrN3/c1-8-3-2-4-9(5-8)6-10-7-11(13)12(14)16-15-10/h2-5,7H,6H2,1H3,(H2,14,16).